The number of benzene rings is 6. The van der Waals surface area contributed by atoms with Gasteiger partial charge >= 0.3 is 0 Å². The third-order valence-corrected chi connectivity index (χ3v) is 14.3. The molecule has 2 heterocycles. The Hall–Kier alpha value is -7.38. The second-order valence-electron chi connectivity index (χ2n) is 15.5. The summed E-state index contributed by atoms with van der Waals surface area (Å²) in [7, 11) is -0.200. The van der Waals surface area contributed by atoms with Gasteiger partial charge in [0.2, 0.25) is 20.0 Å². The second-order valence-corrected chi connectivity index (χ2v) is 19.3. The van der Waals surface area contributed by atoms with Crippen LogP contribution in [-0.2, 0) is 32.9 Å². The average molecular weight is 993 g/mol. The fraction of sp³-hybridized carbons (Fsp3) is 0.192. The van der Waals surface area contributed by atoms with Gasteiger partial charge in [-0.2, -0.15) is 0 Å². The molecule has 14 nitrogen and oxygen atoms in total. The van der Waals surface area contributed by atoms with Crippen LogP contribution >= 0.6 is 0 Å². The molecule has 0 unspecified atom stereocenters. The zero-order valence-corrected chi connectivity index (χ0v) is 40.5. The van der Waals surface area contributed by atoms with Crippen molar-refractivity contribution in [3.05, 3.63) is 169 Å². The van der Waals surface area contributed by atoms with E-state index < -0.39 is 31.7 Å². The van der Waals surface area contributed by atoms with Gasteiger partial charge in [-0.25, -0.2) is 34.6 Å². The van der Waals surface area contributed by atoms with E-state index in [1.807, 2.05) is 60.7 Å². The number of aromatic nitrogens is 2. The first-order valence-corrected chi connectivity index (χ1v) is 24.7. The summed E-state index contributed by atoms with van der Waals surface area (Å²) in [6.45, 7) is 0.506. The first-order chi connectivity index (χ1) is 33.7. The lowest BCUT2D eigenvalue weighted by Crippen LogP contribution is -2.29. The number of hydrogen-bond donors (Lipinski definition) is 1. The number of halogens is 2. The molecule has 0 spiro atoms. The molecular weight excluding hydrogens is 943 g/mol. The summed E-state index contributed by atoms with van der Waals surface area (Å²) in [5, 5.41) is 1.17. The van der Waals surface area contributed by atoms with Gasteiger partial charge in [0.1, 0.15) is 11.5 Å². The zero-order chi connectivity index (χ0) is 49.8. The molecule has 18 heteroatoms. The molecule has 2 aromatic heterocycles. The van der Waals surface area contributed by atoms with Crippen LogP contribution in [0.15, 0.2) is 156 Å². The average Bonchev–Trinajstić information content (AvgIpc) is 3.38. The van der Waals surface area contributed by atoms with Gasteiger partial charge in [0.05, 0.1) is 49.3 Å². The van der Waals surface area contributed by atoms with Gasteiger partial charge in [-0.3, -0.25) is 9.97 Å². The summed E-state index contributed by atoms with van der Waals surface area (Å²) in [5.74, 6) is 0.791. The van der Waals surface area contributed by atoms with Crippen LogP contribution in [0.5, 0.6) is 46.0 Å². The Balaban J connectivity index is 0.000000206. The maximum absolute atomic E-state index is 15.0. The van der Waals surface area contributed by atoms with Crippen molar-refractivity contribution in [3.8, 4) is 46.0 Å². The van der Waals surface area contributed by atoms with Crippen molar-refractivity contribution >= 4 is 41.9 Å². The quantitative estimate of drug-likeness (QED) is 0.0764. The fourth-order valence-corrected chi connectivity index (χ4v) is 9.49. The van der Waals surface area contributed by atoms with E-state index in [1.165, 1.54) is 76.5 Å². The Morgan fingerprint density at radius 2 is 0.957 bits per heavy atom. The molecule has 0 atom stereocenters. The summed E-state index contributed by atoms with van der Waals surface area (Å²) in [5.41, 5.74) is 3.28. The molecule has 8 rings (SSSR count). The number of sulfonamides is 2. The van der Waals surface area contributed by atoms with Crippen molar-refractivity contribution in [2.75, 3.05) is 48.6 Å². The SMILES string of the molecule is COc1cc2nccc(Oc3ccc(S(=O)(=O)N(C)CCc4ccccc4)cc3F)c2cc1OC.COc1cc2nccc(Oc3ccc(S(=O)(=O)NCCCc4ccccc4)cc3F)c2cc1OC. The lowest BCUT2D eigenvalue weighted by Gasteiger charge is -2.18. The molecule has 0 saturated carbocycles. The van der Waals surface area contributed by atoms with Crippen LogP contribution in [0.2, 0.25) is 0 Å². The summed E-state index contributed by atoms with van der Waals surface area (Å²) < 4.78 is 118. The lowest BCUT2D eigenvalue weighted by atomic mass is 10.1. The van der Waals surface area contributed by atoms with Crippen LogP contribution in [0.4, 0.5) is 8.78 Å². The molecule has 6 aromatic carbocycles. The van der Waals surface area contributed by atoms with Gasteiger partial charge in [-0.15, -0.1) is 0 Å². The Morgan fingerprint density at radius 1 is 0.514 bits per heavy atom. The molecule has 0 saturated heterocycles. The van der Waals surface area contributed by atoms with E-state index in [9.17, 15) is 25.6 Å². The number of ether oxygens (including phenoxy) is 6. The van der Waals surface area contributed by atoms with E-state index in [0.29, 0.717) is 69.1 Å². The number of methoxy groups -OCH3 is 4. The monoisotopic (exact) mass is 992 g/mol. The summed E-state index contributed by atoms with van der Waals surface area (Å²) in [6, 6.07) is 36.4. The zero-order valence-electron chi connectivity index (χ0n) is 38.9. The number of nitrogens with zero attached hydrogens (tertiary/aromatic N) is 3. The van der Waals surface area contributed by atoms with Gasteiger partial charge in [0.25, 0.3) is 0 Å². The predicted octanol–water partition coefficient (Wildman–Crippen LogP) is 10.1. The molecule has 0 radical (unpaired) electrons. The van der Waals surface area contributed by atoms with Gasteiger partial charge in [0.15, 0.2) is 46.1 Å². The molecule has 1 N–H and O–H groups in total. The molecule has 0 aliphatic heterocycles. The van der Waals surface area contributed by atoms with Crippen molar-refractivity contribution < 1.29 is 54.0 Å². The minimum Gasteiger partial charge on any atom is -0.493 e. The van der Waals surface area contributed by atoms with Crippen LogP contribution in [0.1, 0.15) is 17.5 Å². The molecule has 0 aliphatic carbocycles. The van der Waals surface area contributed by atoms with Crippen LogP contribution in [-0.4, -0.2) is 79.7 Å². The van der Waals surface area contributed by atoms with E-state index in [4.69, 9.17) is 28.4 Å². The first-order valence-electron chi connectivity index (χ1n) is 21.7. The standard InChI is InChI=1S/2C26H25FN2O5S/c1-29(14-12-18-7-5-4-6-8-18)35(30,31)19-9-10-24(21(27)15-19)34-23-11-13-28-22-17-26(33-3)25(32-2)16-20(22)23;1-32-25-16-20-22(17-26(25)33-2)28-14-12-23(20)34-24-11-10-19(15-21(24)27)35(30,31)29-13-6-9-18-7-4-3-5-8-18/h4-11,13,15-17H,12,14H2,1-3H3;3-5,7-8,10-12,14-17,29H,6,9,13H2,1-2H3. The number of nitrogens with one attached hydrogen (secondary N) is 1. The summed E-state index contributed by atoms with van der Waals surface area (Å²) in [4.78, 5) is 8.27. The molecule has 0 fully saturated rings. The van der Waals surface area contributed by atoms with Crippen molar-refractivity contribution in [2.24, 2.45) is 0 Å². The van der Waals surface area contributed by atoms with Gasteiger partial charge < -0.3 is 28.4 Å². The Morgan fingerprint density at radius 3 is 1.43 bits per heavy atom. The van der Waals surface area contributed by atoms with E-state index in [1.54, 1.807) is 36.4 Å². The Bertz CT molecular complexity index is 3320. The van der Waals surface area contributed by atoms with Gasteiger partial charge in [-0.05, 0) is 91.1 Å². The highest BCUT2D eigenvalue weighted by Gasteiger charge is 2.23. The predicted molar refractivity (Wildman–Crippen MR) is 263 cm³/mol. The molecule has 0 aliphatic rings. The third-order valence-electron chi connectivity index (χ3n) is 11.0. The molecule has 0 bridgehead atoms. The number of aryl methyl sites for hydroxylation is 1. The van der Waals surface area contributed by atoms with Crippen LogP contribution in [0, 0.1) is 11.6 Å². The lowest BCUT2D eigenvalue weighted by molar-refractivity contribution is 0.355. The third kappa shape index (κ3) is 12.1. The minimum absolute atomic E-state index is 0.113. The highest BCUT2D eigenvalue weighted by Crippen LogP contribution is 2.39. The smallest absolute Gasteiger partial charge is 0.242 e. The second kappa shape index (κ2) is 22.8. The van der Waals surface area contributed by atoms with E-state index in [0.717, 1.165) is 29.7 Å². The van der Waals surface area contributed by atoms with Crippen LogP contribution in [0.25, 0.3) is 21.8 Å². The van der Waals surface area contributed by atoms with E-state index in [-0.39, 0.29) is 34.4 Å². The Labute approximate surface area is 405 Å². The van der Waals surface area contributed by atoms with Crippen molar-refractivity contribution in [2.45, 2.75) is 29.1 Å². The molecule has 70 heavy (non-hydrogen) atoms. The van der Waals surface area contributed by atoms with E-state index in [2.05, 4.69) is 14.7 Å². The summed E-state index contributed by atoms with van der Waals surface area (Å²) in [6.07, 6.45) is 4.96. The summed E-state index contributed by atoms with van der Waals surface area (Å²) >= 11 is 0. The van der Waals surface area contributed by atoms with Gasteiger partial charge in [-0.1, -0.05) is 60.7 Å². The largest absolute Gasteiger partial charge is 0.493 e. The number of rotatable bonds is 19. The first kappa shape index (κ1) is 50.5. The minimum atomic E-state index is -3.88. The van der Waals surface area contributed by atoms with Crippen molar-refractivity contribution in [3.63, 3.8) is 0 Å². The van der Waals surface area contributed by atoms with Gasteiger partial charge in [0, 0.05) is 55.4 Å². The van der Waals surface area contributed by atoms with E-state index >= 15 is 0 Å². The molecular formula is C52H50F2N4O10S2. The normalized spacial score (nSPS) is 11.5. The highest BCUT2D eigenvalue weighted by atomic mass is 32.2. The molecule has 0 amide bonds. The Kier molecular flexibility index (Phi) is 16.5. The number of fused-ring (bicyclic) bond motifs is 2. The van der Waals surface area contributed by atoms with Crippen molar-refractivity contribution in [1.82, 2.24) is 19.0 Å². The molecule has 8 aromatic rings. The number of hydrogen-bond acceptors (Lipinski definition) is 12. The fourth-order valence-electron chi connectivity index (χ4n) is 7.22. The number of pyridine rings is 2. The topological polar surface area (TPSA) is 165 Å². The highest BCUT2D eigenvalue weighted by molar-refractivity contribution is 7.89. The van der Waals surface area contributed by atoms with Crippen molar-refractivity contribution in [1.29, 1.82) is 0 Å². The number of likely N-dealkylation sites (N-methyl/N-ethyl adjacent to an activating group) is 1. The maximum Gasteiger partial charge on any atom is 0.242 e. The maximum atomic E-state index is 15.0. The van der Waals surface area contributed by atoms with Crippen LogP contribution < -0.4 is 33.1 Å². The molecule has 364 valence electrons. The van der Waals surface area contributed by atoms with Crippen LogP contribution in [0.3, 0.4) is 0 Å².